The zero-order valence-corrected chi connectivity index (χ0v) is 16.9. The van der Waals surface area contributed by atoms with E-state index in [1.54, 1.807) is 11.8 Å². The van der Waals surface area contributed by atoms with Crippen molar-refractivity contribution in [2.75, 3.05) is 32.9 Å². The first-order valence-electron chi connectivity index (χ1n) is 8.93. The van der Waals surface area contributed by atoms with E-state index in [1.807, 2.05) is 37.9 Å². The Hall–Kier alpha value is -1.69. The lowest BCUT2D eigenvalue weighted by molar-refractivity contribution is 0.0949. The lowest BCUT2D eigenvalue weighted by Crippen LogP contribution is -2.35. The summed E-state index contributed by atoms with van der Waals surface area (Å²) in [4.78, 5) is 20.6. The predicted molar refractivity (Wildman–Crippen MR) is 107 cm³/mol. The maximum Gasteiger partial charge on any atom is 0.268 e. The molecule has 0 saturated carbocycles. The second kappa shape index (κ2) is 9.13. The summed E-state index contributed by atoms with van der Waals surface area (Å²) >= 11 is 1.67. The maximum absolute atomic E-state index is 12.7. The molecule has 0 aliphatic carbocycles. The first-order valence-corrected chi connectivity index (χ1v) is 10.2. The van der Waals surface area contributed by atoms with E-state index in [9.17, 15) is 4.79 Å². The molecule has 0 bridgehead atoms. The summed E-state index contributed by atoms with van der Waals surface area (Å²) in [7, 11) is 3.78. The van der Waals surface area contributed by atoms with Crippen LogP contribution in [-0.2, 0) is 7.05 Å². The largest absolute Gasteiger partial charge is 0.357 e. The van der Waals surface area contributed by atoms with Crippen LogP contribution in [0.25, 0.3) is 0 Å². The number of amidine groups is 1. The molecule has 1 N–H and O–H groups in total. The quantitative estimate of drug-likeness (QED) is 0.480. The number of aromatic nitrogens is 1. The number of hydrogen-bond donors (Lipinski definition) is 1. The summed E-state index contributed by atoms with van der Waals surface area (Å²) in [5, 5.41) is 3.08. The van der Waals surface area contributed by atoms with Gasteiger partial charge in [-0.25, -0.2) is 0 Å². The van der Waals surface area contributed by atoms with Gasteiger partial charge in [-0.3, -0.25) is 9.79 Å². The fourth-order valence-corrected chi connectivity index (χ4v) is 3.93. The minimum absolute atomic E-state index is 0.0372. The van der Waals surface area contributed by atoms with Crippen LogP contribution in [0.5, 0.6) is 0 Å². The van der Waals surface area contributed by atoms with Crippen molar-refractivity contribution in [3.63, 3.8) is 0 Å². The SMILES string of the molecule is CC/C=C(/CNC(=O)c1cc(SC)c(C)n1C)C(=NC)N1CCCC1. The molecule has 1 aromatic heterocycles. The number of nitrogens with one attached hydrogen (secondary N) is 1. The topological polar surface area (TPSA) is 49.6 Å². The van der Waals surface area contributed by atoms with Crippen molar-refractivity contribution in [3.05, 3.63) is 29.1 Å². The van der Waals surface area contributed by atoms with Crippen LogP contribution in [0.15, 0.2) is 27.6 Å². The van der Waals surface area contributed by atoms with Gasteiger partial charge in [0.25, 0.3) is 5.91 Å². The van der Waals surface area contributed by atoms with Crippen LogP contribution in [0, 0.1) is 6.92 Å². The highest BCUT2D eigenvalue weighted by atomic mass is 32.2. The third-order valence-electron chi connectivity index (χ3n) is 4.74. The molecule has 1 aromatic rings. The van der Waals surface area contributed by atoms with Crippen molar-refractivity contribution in [1.29, 1.82) is 0 Å². The minimum Gasteiger partial charge on any atom is -0.357 e. The van der Waals surface area contributed by atoms with Gasteiger partial charge in [0.2, 0.25) is 0 Å². The van der Waals surface area contributed by atoms with E-state index in [4.69, 9.17) is 0 Å². The number of hydrogen-bond acceptors (Lipinski definition) is 3. The number of amides is 1. The van der Waals surface area contributed by atoms with E-state index in [-0.39, 0.29) is 5.91 Å². The zero-order valence-electron chi connectivity index (χ0n) is 16.1. The molecule has 25 heavy (non-hydrogen) atoms. The number of allylic oxidation sites excluding steroid dienone is 1. The van der Waals surface area contributed by atoms with E-state index < -0.39 is 0 Å². The summed E-state index contributed by atoms with van der Waals surface area (Å²) < 4.78 is 1.96. The van der Waals surface area contributed by atoms with Gasteiger partial charge in [0.1, 0.15) is 11.5 Å². The maximum atomic E-state index is 12.7. The summed E-state index contributed by atoms with van der Waals surface area (Å²) in [6, 6.07) is 1.97. The third kappa shape index (κ3) is 4.48. The van der Waals surface area contributed by atoms with Crippen LogP contribution in [0.2, 0.25) is 0 Å². The van der Waals surface area contributed by atoms with Crippen LogP contribution in [0.1, 0.15) is 42.4 Å². The molecule has 2 heterocycles. The first-order chi connectivity index (χ1) is 12.0. The summed E-state index contributed by atoms with van der Waals surface area (Å²) in [5.74, 6) is 0.984. The van der Waals surface area contributed by atoms with Crippen molar-refractivity contribution >= 4 is 23.5 Å². The lowest BCUT2D eigenvalue weighted by Gasteiger charge is -2.22. The Morgan fingerprint density at radius 2 is 2.08 bits per heavy atom. The fourth-order valence-electron chi connectivity index (χ4n) is 3.27. The number of rotatable bonds is 6. The Labute approximate surface area is 155 Å². The van der Waals surface area contributed by atoms with Crippen molar-refractivity contribution in [2.24, 2.45) is 12.0 Å². The van der Waals surface area contributed by atoms with Gasteiger partial charge < -0.3 is 14.8 Å². The van der Waals surface area contributed by atoms with Crippen LogP contribution in [0.4, 0.5) is 0 Å². The van der Waals surface area contributed by atoms with Gasteiger partial charge in [0.15, 0.2) is 0 Å². The minimum atomic E-state index is -0.0372. The smallest absolute Gasteiger partial charge is 0.268 e. The van der Waals surface area contributed by atoms with Crippen LogP contribution in [0.3, 0.4) is 0 Å². The first kappa shape index (κ1) is 19.6. The molecule has 1 fully saturated rings. The van der Waals surface area contributed by atoms with Crippen LogP contribution < -0.4 is 5.32 Å². The number of carbonyl (C=O) groups excluding carboxylic acids is 1. The number of aliphatic imine (C=N–C) groups is 1. The van der Waals surface area contributed by atoms with Gasteiger partial charge >= 0.3 is 0 Å². The highest BCUT2D eigenvalue weighted by Gasteiger charge is 2.20. The molecule has 1 aliphatic heterocycles. The van der Waals surface area contributed by atoms with Crippen molar-refractivity contribution in [1.82, 2.24) is 14.8 Å². The molecule has 2 rings (SSSR count). The van der Waals surface area contributed by atoms with E-state index in [0.717, 1.165) is 41.5 Å². The third-order valence-corrected chi connectivity index (χ3v) is 5.59. The Balaban J connectivity index is 2.11. The molecule has 1 aliphatic rings. The average molecular weight is 363 g/mol. The highest BCUT2D eigenvalue weighted by Crippen LogP contribution is 2.23. The van der Waals surface area contributed by atoms with Gasteiger partial charge in [0.05, 0.1) is 0 Å². The average Bonchev–Trinajstić information content (AvgIpc) is 3.23. The molecule has 1 amide bonds. The highest BCUT2D eigenvalue weighted by molar-refractivity contribution is 7.98. The van der Waals surface area contributed by atoms with Crippen LogP contribution in [-0.4, -0.2) is 54.1 Å². The number of nitrogens with zero attached hydrogens (tertiary/aromatic N) is 3. The summed E-state index contributed by atoms with van der Waals surface area (Å²) in [5.41, 5.74) is 2.93. The lowest BCUT2D eigenvalue weighted by atomic mass is 10.1. The molecular formula is C19H30N4OS. The second-order valence-electron chi connectivity index (χ2n) is 6.30. The van der Waals surface area contributed by atoms with Crippen molar-refractivity contribution in [2.45, 2.75) is 38.0 Å². The Kier molecular flexibility index (Phi) is 7.17. The van der Waals surface area contributed by atoms with Crippen molar-refractivity contribution < 1.29 is 4.79 Å². The van der Waals surface area contributed by atoms with Gasteiger partial charge in [-0.15, -0.1) is 11.8 Å². The van der Waals surface area contributed by atoms with E-state index in [0.29, 0.717) is 12.2 Å². The van der Waals surface area contributed by atoms with E-state index >= 15 is 0 Å². The Bertz CT molecular complexity index is 669. The Morgan fingerprint density at radius 3 is 2.60 bits per heavy atom. The predicted octanol–water partition coefficient (Wildman–Crippen LogP) is 3.25. The summed E-state index contributed by atoms with van der Waals surface area (Å²) in [6.07, 6.45) is 7.56. The van der Waals surface area contributed by atoms with Crippen LogP contribution >= 0.6 is 11.8 Å². The molecule has 138 valence electrons. The normalized spacial score (nSPS) is 15.8. The molecule has 6 heteroatoms. The Morgan fingerprint density at radius 1 is 1.40 bits per heavy atom. The van der Waals surface area contributed by atoms with Gasteiger partial charge in [-0.2, -0.15) is 0 Å². The molecule has 0 atom stereocenters. The number of carbonyl (C=O) groups is 1. The molecule has 0 spiro atoms. The zero-order chi connectivity index (χ0) is 18.4. The molecule has 5 nitrogen and oxygen atoms in total. The fraction of sp³-hybridized carbons (Fsp3) is 0.579. The van der Waals surface area contributed by atoms with E-state index in [1.165, 1.54) is 12.8 Å². The molecular weight excluding hydrogens is 332 g/mol. The van der Waals surface area contributed by atoms with Gasteiger partial charge in [-0.1, -0.05) is 13.0 Å². The molecule has 0 unspecified atom stereocenters. The standard InChI is InChI=1S/C19H30N4OS/c1-6-9-15(18(20-3)23-10-7-8-11-23)13-21-19(24)16-12-17(25-5)14(2)22(16)4/h9,12H,6-8,10-11,13H2,1-5H3,(H,21,24)/b15-9-,20-18?. The number of likely N-dealkylation sites (tertiary alicyclic amines) is 1. The summed E-state index contributed by atoms with van der Waals surface area (Å²) in [6.45, 7) is 6.77. The molecule has 0 radical (unpaired) electrons. The second-order valence-corrected chi connectivity index (χ2v) is 7.15. The van der Waals surface area contributed by atoms with E-state index in [2.05, 4.69) is 28.2 Å². The molecule has 1 saturated heterocycles. The van der Waals surface area contributed by atoms with Gasteiger partial charge in [-0.05, 0) is 38.5 Å². The number of thioether (sulfide) groups is 1. The molecule has 0 aromatic carbocycles. The van der Waals surface area contributed by atoms with Gasteiger partial charge in [0, 0.05) is 49.9 Å². The van der Waals surface area contributed by atoms with Crippen molar-refractivity contribution in [3.8, 4) is 0 Å². The monoisotopic (exact) mass is 362 g/mol.